The van der Waals surface area contributed by atoms with E-state index in [1.807, 2.05) is 5.38 Å². The molecule has 3 rings (SSSR count). The smallest absolute Gasteiger partial charge is 0.253 e. The summed E-state index contributed by atoms with van der Waals surface area (Å²) in [5.74, 6) is 0. The molecule has 0 atom stereocenters. The van der Waals surface area contributed by atoms with Gasteiger partial charge in [0.05, 0.1) is 22.5 Å². The largest absolute Gasteiger partial charge is 0.416 e. The van der Waals surface area contributed by atoms with Gasteiger partial charge in [-0.1, -0.05) is 35.3 Å². The summed E-state index contributed by atoms with van der Waals surface area (Å²) >= 11 is 13.3. The van der Waals surface area contributed by atoms with E-state index in [0.717, 1.165) is 17.7 Å². The Bertz CT molecular complexity index is 937. The Balaban J connectivity index is 1.67. The second-order valence-electron chi connectivity index (χ2n) is 5.15. The van der Waals surface area contributed by atoms with Crippen molar-refractivity contribution in [1.82, 2.24) is 4.98 Å². The maximum absolute atomic E-state index is 12.5. The number of benzene rings is 2. The SMILES string of the molecule is FC(F)(F)c1ccc(/C=N/Nc2nc(-c3ccc(Cl)cc3Cl)cs2)cc1. The van der Waals surface area contributed by atoms with E-state index in [4.69, 9.17) is 23.2 Å². The highest BCUT2D eigenvalue weighted by atomic mass is 35.5. The molecule has 26 heavy (non-hydrogen) atoms. The molecule has 0 radical (unpaired) electrons. The molecular formula is C17H10Cl2F3N3S. The molecule has 0 amide bonds. The van der Waals surface area contributed by atoms with Gasteiger partial charge in [0.2, 0.25) is 5.13 Å². The van der Waals surface area contributed by atoms with Gasteiger partial charge in [-0.05, 0) is 35.9 Å². The van der Waals surface area contributed by atoms with Crippen LogP contribution in [0.25, 0.3) is 11.3 Å². The maximum Gasteiger partial charge on any atom is 0.416 e. The number of thiazole rings is 1. The average molecular weight is 416 g/mol. The van der Waals surface area contributed by atoms with Crippen LogP contribution in [0.2, 0.25) is 10.0 Å². The lowest BCUT2D eigenvalue weighted by Gasteiger charge is -2.05. The Kier molecular flexibility index (Phi) is 5.50. The lowest BCUT2D eigenvalue weighted by molar-refractivity contribution is -0.137. The molecule has 0 unspecified atom stereocenters. The number of anilines is 1. The summed E-state index contributed by atoms with van der Waals surface area (Å²) in [6.45, 7) is 0. The minimum absolute atomic E-state index is 0.489. The number of hydrogen-bond donors (Lipinski definition) is 1. The fourth-order valence-electron chi connectivity index (χ4n) is 2.07. The van der Waals surface area contributed by atoms with E-state index in [2.05, 4.69) is 15.5 Å². The van der Waals surface area contributed by atoms with Crippen molar-refractivity contribution in [3.8, 4) is 11.3 Å². The summed E-state index contributed by atoms with van der Waals surface area (Å²) in [5.41, 5.74) is 3.99. The van der Waals surface area contributed by atoms with Crippen LogP contribution in [0.1, 0.15) is 11.1 Å². The van der Waals surface area contributed by atoms with Crippen LogP contribution in [0.15, 0.2) is 52.9 Å². The third-order valence-electron chi connectivity index (χ3n) is 3.32. The average Bonchev–Trinajstić information content (AvgIpc) is 3.03. The number of nitrogens with one attached hydrogen (secondary N) is 1. The highest BCUT2D eigenvalue weighted by Gasteiger charge is 2.29. The van der Waals surface area contributed by atoms with Gasteiger partial charge in [-0.2, -0.15) is 18.3 Å². The summed E-state index contributed by atoms with van der Waals surface area (Å²) < 4.78 is 37.5. The van der Waals surface area contributed by atoms with Crippen LogP contribution in [0.3, 0.4) is 0 Å². The number of nitrogens with zero attached hydrogens (tertiary/aromatic N) is 2. The molecule has 134 valence electrons. The summed E-state index contributed by atoms with van der Waals surface area (Å²) in [6, 6.07) is 9.82. The summed E-state index contributed by atoms with van der Waals surface area (Å²) in [4.78, 5) is 4.37. The Labute approximate surface area is 161 Å². The third-order valence-corrected chi connectivity index (χ3v) is 4.62. The molecule has 0 spiro atoms. The Morgan fingerprint density at radius 3 is 2.46 bits per heavy atom. The molecular weight excluding hydrogens is 406 g/mol. The number of hydrogen-bond acceptors (Lipinski definition) is 4. The zero-order valence-corrected chi connectivity index (χ0v) is 15.2. The van der Waals surface area contributed by atoms with Gasteiger partial charge in [-0.25, -0.2) is 4.98 Å². The van der Waals surface area contributed by atoms with Crippen LogP contribution >= 0.6 is 34.5 Å². The van der Waals surface area contributed by atoms with Gasteiger partial charge in [0.25, 0.3) is 0 Å². The molecule has 2 aromatic carbocycles. The standard InChI is InChI=1S/C17H10Cl2F3N3S/c18-12-5-6-13(14(19)7-12)15-9-26-16(24-15)25-23-8-10-1-3-11(4-2-10)17(20,21)22/h1-9H,(H,24,25)/b23-8+. The summed E-state index contributed by atoms with van der Waals surface area (Å²) in [5, 5.41) is 7.34. The van der Waals surface area contributed by atoms with Gasteiger partial charge in [-0.15, -0.1) is 11.3 Å². The molecule has 0 aliphatic heterocycles. The zero-order chi connectivity index (χ0) is 18.7. The third kappa shape index (κ3) is 4.55. The maximum atomic E-state index is 12.5. The van der Waals surface area contributed by atoms with Crippen LogP contribution < -0.4 is 5.43 Å². The van der Waals surface area contributed by atoms with Crippen LogP contribution in [-0.4, -0.2) is 11.2 Å². The van der Waals surface area contributed by atoms with Crippen molar-refractivity contribution in [2.24, 2.45) is 5.10 Å². The topological polar surface area (TPSA) is 37.3 Å². The van der Waals surface area contributed by atoms with Crippen LogP contribution in [0.4, 0.5) is 18.3 Å². The number of hydrazone groups is 1. The van der Waals surface area contributed by atoms with Crippen molar-refractivity contribution in [2.75, 3.05) is 5.43 Å². The molecule has 0 fully saturated rings. The first-order valence-corrected chi connectivity index (χ1v) is 8.84. The Hall–Kier alpha value is -2.09. The molecule has 3 nitrogen and oxygen atoms in total. The van der Waals surface area contributed by atoms with Gasteiger partial charge in [-0.3, -0.25) is 5.43 Å². The van der Waals surface area contributed by atoms with E-state index in [1.165, 1.54) is 29.7 Å². The Morgan fingerprint density at radius 1 is 1.08 bits per heavy atom. The summed E-state index contributed by atoms with van der Waals surface area (Å²) in [7, 11) is 0. The molecule has 3 aromatic rings. The van der Waals surface area contributed by atoms with Gasteiger partial charge < -0.3 is 0 Å². The molecule has 1 N–H and O–H groups in total. The van der Waals surface area contributed by atoms with Gasteiger partial charge in [0.15, 0.2) is 0 Å². The fraction of sp³-hybridized carbons (Fsp3) is 0.0588. The molecule has 0 aliphatic carbocycles. The van der Waals surface area contributed by atoms with Gasteiger partial charge in [0.1, 0.15) is 0 Å². The number of aromatic nitrogens is 1. The minimum Gasteiger partial charge on any atom is -0.253 e. The van der Waals surface area contributed by atoms with E-state index in [1.54, 1.807) is 18.2 Å². The predicted octanol–water partition coefficient (Wildman–Crippen LogP) is 6.58. The molecule has 1 aromatic heterocycles. The number of rotatable bonds is 4. The van der Waals surface area contributed by atoms with E-state index >= 15 is 0 Å². The second-order valence-corrected chi connectivity index (χ2v) is 6.85. The quantitative estimate of drug-likeness (QED) is 0.385. The lowest BCUT2D eigenvalue weighted by atomic mass is 10.1. The monoisotopic (exact) mass is 415 g/mol. The first-order chi connectivity index (χ1) is 12.3. The Morgan fingerprint density at radius 2 is 1.81 bits per heavy atom. The van der Waals surface area contributed by atoms with Crippen molar-refractivity contribution >= 4 is 45.9 Å². The van der Waals surface area contributed by atoms with Crippen LogP contribution in [0.5, 0.6) is 0 Å². The van der Waals surface area contributed by atoms with Crippen LogP contribution in [0, 0.1) is 0 Å². The zero-order valence-electron chi connectivity index (χ0n) is 12.9. The van der Waals surface area contributed by atoms with Crippen molar-refractivity contribution in [1.29, 1.82) is 0 Å². The van der Waals surface area contributed by atoms with Crippen molar-refractivity contribution < 1.29 is 13.2 Å². The fourth-order valence-corrected chi connectivity index (χ4v) is 3.23. The van der Waals surface area contributed by atoms with E-state index in [0.29, 0.717) is 26.4 Å². The van der Waals surface area contributed by atoms with Crippen molar-refractivity contribution in [3.05, 3.63) is 69.0 Å². The summed E-state index contributed by atoms with van der Waals surface area (Å²) in [6.07, 6.45) is -2.94. The normalized spacial score (nSPS) is 11.9. The molecule has 0 saturated heterocycles. The highest BCUT2D eigenvalue weighted by Crippen LogP contribution is 2.32. The molecule has 0 saturated carbocycles. The van der Waals surface area contributed by atoms with Crippen LogP contribution in [-0.2, 0) is 6.18 Å². The number of alkyl halides is 3. The van der Waals surface area contributed by atoms with E-state index in [-0.39, 0.29) is 0 Å². The first-order valence-electron chi connectivity index (χ1n) is 7.20. The van der Waals surface area contributed by atoms with Crippen molar-refractivity contribution in [3.63, 3.8) is 0 Å². The van der Waals surface area contributed by atoms with Crippen molar-refractivity contribution in [2.45, 2.75) is 6.18 Å². The first kappa shape index (κ1) is 18.7. The molecule has 9 heteroatoms. The second kappa shape index (κ2) is 7.65. The van der Waals surface area contributed by atoms with E-state index in [9.17, 15) is 13.2 Å². The number of halogens is 5. The lowest BCUT2D eigenvalue weighted by Crippen LogP contribution is -2.04. The highest BCUT2D eigenvalue weighted by molar-refractivity contribution is 7.14. The van der Waals surface area contributed by atoms with Gasteiger partial charge >= 0.3 is 6.18 Å². The molecule has 0 aliphatic rings. The van der Waals surface area contributed by atoms with Gasteiger partial charge in [0, 0.05) is 16.0 Å². The predicted molar refractivity (Wildman–Crippen MR) is 100 cm³/mol. The minimum atomic E-state index is -4.35. The van der Waals surface area contributed by atoms with E-state index < -0.39 is 11.7 Å². The molecule has 0 bridgehead atoms. The molecule has 1 heterocycles.